The molecule has 2 atom stereocenters. The SMILES string of the molecule is CCCC(C)CC(CC)OC(=O)c1ccccc1O. The highest BCUT2D eigenvalue weighted by Gasteiger charge is 2.18. The highest BCUT2D eigenvalue weighted by Crippen LogP contribution is 2.21. The lowest BCUT2D eigenvalue weighted by atomic mass is 9.97. The van der Waals surface area contributed by atoms with E-state index in [4.69, 9.17) is 4.74 Å². The highest BCUT2D eigenvalue weighted by molar-refractivity contribution is 5.92. The fourth-order valence-corrected chi connectivity index (χ4v) is 2.22. The third-order valence-electron chi connectivity index (χ3n) is 3.30. The maximum absolute atomic E-state index is 12.0. The van der Waals surface area contributed by atoms with Crippen LogP contribution in [0.2, 0.25) is 0 Å². The minimum Gasteiger partial charge on any atom is -0.507 e. The van der Waals surface area contributed by atoms with Gasteiger partial charge in [0.2, 0.25) is 0 Å². The zero-order valence-electron chi connectivity index (χ0n) is 12.1. The van der Waals surface area contributed by atoms with E-state index in [0.29, 0.717) is 5.92 Å². The Morgan fingerprint density at radius 2 is 2.00 bits per heavy atom. The molecule has 19 heavy (non-hydrogen) atoms. The van der Waals surface area contributed by atoms with Crippen LogP contribution in [0.25, 0.3) is 0 Å². The fraction of sp³-hybridized carbons (Fsp3) is 0.562. The van der Waals surface area contributed by atoms with Crippen molar-refractivity contribution in [1.29, 1.82) is 0 Å². The summed E-state index contributed by atoms with van der Waals surface area (Å²) in [6, 6.07) is 6.49. The van der Waals surface area contributed by atoms with Gasteiger partial charge in [0.1, 0.15) is 17.4 Å². The molecule has 0 amide bonds. The molecule has 0 fully saturated rings. The third-order valence-corrected chi connectivity index (χ3v) is 3.30. The zero-order chi connectivity index (χ0) is 14.3. The number of aromatic hydroxyl groups is 1. The monoisotopic (exact) mass is 264 g/mol. The number of phenolic OH excluding ortho intramolecular Hbond substituents is 1. The summed E-state index contributed by atoms with van der Waals surface area (Å²) in [5.41, 5.74) is 0.240. The molecule has 0 radical (unpaired) electrons. The van der Waals surface area contributed by atoms with Crippen LogP contribution in [0, 0.1) is 5.92 Å². The molecule has 3 nitrogen and oxygen atoms in total. The Labute approximate surface area is 115 Å². The third kappa shape index (κ3) is 4.93. The van der Waals surface area contributed by atoms with Gasteiger partial charge in [-0.1, -0.05) is 45.7 Å². The van der Waals surface area contributed by atoms with E-state index in [0.717, 1.165) is 25.7 Å². The van der Waals surface area contributed by atoms with E-state index in [-0.39, 0.29) is 17.4 Å². The van der Waals surface area contributed by atoms with Crippen molar-refractivity contribution in [2.45, 2.75) is 52.6 Å². The molecule has 0 saturated heterocycles. The number of phenols is 1. The summed E-state index contributed by atoms with van der Waals surface area (Å²) < 4.78 is 5.48. The van der Waals surface area contributed by atoms with Gasteiger partial charge in [-0.25, -0.2) is 4.79 Å². The van der Waals surface area contributed by atoms with Crippen LogP contribution in [0.15, 0.2) is 24.3 Å². The van der Waals surface area contributed by atoms with Crippen molar-refractivity contribution in [3.63, 3.8) is 0 Å². The highest BCUT2D eigenvalue weighted by atomic mass is 16.5. The molecule has 1 aromatic rings. The molecule has 3 heteroatoms. The van der Waals surface area contributed by atoms with Gasteiger partial charge in [0.05, 0.1) is 0 Å². The maximum Gasteiger partial charge on any atom is 0.342 e. The van der Waals surface area contributed by atoms with E-state index in [1.807, 2.05) is 6.92 Å². The molecule has 0 spiro atoms. The minimum absolute atomic E-state index is 0.0241. The minimum atomic E-state index is -0.436. The van der Waals surface area contributed by atoms with Crippen LogP contribution in [0.1, 0.15) is 56.8 Å². The molecule has 0 aliphatic rings. The molecule has 0 aromatic heterocycles. The second kappa shape index (κ2) is 7.82. The number of carbonyl (C=O) groups excluding carboxylic acids is 1. The molecule has 0 heterocycles. The molecule has 1 aromatic carbocycles. The van der Waals surface area contributed by atoms with Crippen LogP contribution in [0.4, 0.5) is 0 Å². The average molecular weight is 264 g/mol. The predicted molar refractivity (Wildman–Crippen MR) is 76.3 cm³/mol. The predicted octanol–water partition coefficient (Wildman–Crippen LogP) is 4.15. The van der Waals surface area contributed by atoms with E-state index in [9.17, 15) is 9.90 Å². The van der Waals surface area contributed by atoms with Crippen LogP contribution in [0.5, 0.6) is 5.75 Å². The normalized spacial score (nSPS) is 13.8. The standard InChI is InChI=1S/C16H24O3/c1-4-8-12(3)11-13(5-2)19-16(18)14-9-6-7-10-15(14)17/h6-7,9-10,12-13,17H,4-5,8,11H2,1-3H3. The second-order valence-corrected chi connectivity index (χ2v) is 5.08. The summed E-state index contributed by atoms with van der Waals surface area (Å²) in [6.45, 7) is 6.35. The van der Waals surface area contributed by atoms with Crippen molar-refractivity contribution in [3.05, 3.63) is 29.8 Å². The lowest BCUT2D eigenvalue weighted by Gasteiger charge is -2.20. The molecule has 0 aliphatic heterocycles. The van der Waals surface area contributed by atoms with Crippen LogP contribution in [0.3, 0.4) is 0 Å². The molecule has 1 N–H and O–H groups in total. The largest absolute Gasteiger partial charge is 0.507 e. The van der Waals surface area contributed by atoms with Gasteiger partial charge in [-0.05, 0) is 30.9 Å². The summed E-state index contributed by atoms with van der Waals surface area (Å²) in [6.07, 6.45) is 3.89. The van der Waals surface area contributed by atoms with Crippen molar-refractivity contribution in [1.82, 2.24) is 0 Å². The first-order valence-electron chi connectivity index (χ1n) is 7.07. The Bertz CT molecular complexity index is 401. The molecule has 106 valence electrons. The number of ether oxygens (including phenoxy) is 1. The number of benzene rings is 1. The van der Waals surface area contributed by atoms with Gasteiger partial charge in [0, 0.05) is 0 Å². The van der Waals surface area contributed by atoms with E-state index in [1.165, 1.54) is 6.07 Å². The Morgan fingerprint density at radius 1 is 1.32 bits per heavy atom. The molecule has 2 unspecified atom stereocenters. The number of esters is 1. The van der Waals surface area contributed by atoms with Crippen molar-refractivity contribution >= 4 is 5.97 Å². The quantitative estimate of drug-likeness (QED) is 0.752. The summed E-state index contributed by atoms with van der Waals surface area (Å²) >= 11 is 0. The Kier molecular flexibility index (Phi) is 6.40. The summed E-state index contributed by atoms with van der Waals surface area (Å²) in [5, 5.41) is 9.63. The zero-order valence-corrected chi connectivity index (χ0v) is 12.1. The summed E-state index contributed by atoms with van der Waals surface area (Å²) in [7, 11) is 0. The molecular weight excluding hydrogens is 240 g/mol. The van der Waals surface area contributed by atoms with Crippen molar-refractivity contribution in [2.24, 2.45) is 5.92 Å². The van der Waals surface area contributed by atoms with E-state index in [1.54, 1.807) is 18.2 Å². The Hall–Kier alpha value is -1.51. The molecule has 0 aliphatic carbocycles. The first-order chi connectivity index (χ1) is 9.08. The summed E-state index contributed by atoms with van der Waals surface area (Å²) in [4.78, 5) is 12.0. The van der Waals surface area contributed by atoms with Gasteiger partial charge in [0.15, 0.2) is 0 Å². The Balaban J connectivity index is 2.61. The lowest BCUT2D eigenvalue weighted by Crippen LogP contribution is -2.20. The van der Waals surface area contributed by atoms with Gasteiger partial charge in [0.25, 0.3) is 0 Å². The number of rotatable bonds is 7. The van der Waals surface area contributed by atoms with Crippen LogP contribution >= 0.6 is 0 Å². The molecule has 0 bridgehead atoms. The number of hydrogen-bond acceptors (Lipinski definition) is 3. The number of hydrogen-bond donors (Lipinski definition) is 1. The van der Waals surface area contributed by atoms with E-state index >= 15 is 0 Å². The Morgan fingerprint density at radius 3 is 2.58 bits per heavy atom. The van der Waals surface area contributed by atoms with E-state index < -0.39 is 5.97 Å². The van der Waals surface area contributed by atoms with E-state index in [2.05, 4.69) is 13.8 Å². The lowest BCUT2D eigenvalue weighted by molar-refractivity contribution is 0.0232. The van der Waals surface area contributed by atoms with Crippen molar-refractivity contribution < 1.29 is 14.6 Å². The second-order valence-electron chi connectivity index (χ2n) is 5.08. The van der Waals surface area contributed by atoms with Crippen molar-refractivity contribution in [2.75, 3.05) is 0 Å². The molecular formula is C16H24O3. The van der Waals surface area contributed by atoms with Crippen LogP contribution in [-0.2, 0) is 4.74 Å². The van der Waals surface area contributed by atoms with Gasteiger partial charge in [-0.3, -0.25) is 0 Å². The van der Waals surface area contributed by atoms with Gasteiger partial charge >= 0.3 is 5.97 Å². The van der Waals surface area contributed by atoms with Gasteiger partial charge in [-0.15, -0.1) is 0 Å². The topological polar surface area (TPSA) is 46.5 Å². The maximum atomic E-state index is 12.0. The first kappa shape index (κ1) is 15.5. The van der Waals surface area contributed by atoms with Crippen molar-refractivity contribution in [3.8, 4) is 5.75 Å². The van der Waals surface area contributed by atoms with Gasteiger partial charge < -0.3 is 9.84 Å². The average Bonchev–Trinajstić information content (AvgIpc) is 2.38. The molecule has 0 saturated carbocycles. The fourth-order valence-electron chi connectivity index (χ4n) is 2.22. The smallest absolute Gasteiger partial charge is 0.342 e. The number of para-hydroxylation sites is 1. The summed E-state index contributed by atoms with van der Waals surface area (Å²) in [5.74, 6) is 0.0877. The first-order valence-corrected chi connectivity index (χ1v) is 7.07. The van der Waals surface area contributed by atoms with Crippen LogP contribution in [-0.4, -0.2) is 17.2 Å². The van der Waals surface area contributed by atoms with Gasteiger partial charge in [-0.2, -0.15) is 0 Å². The molecule has 1 rings (SSSR count). The number of carbonyl (C=O) groups is 1. The van der Waals surface area contributed by atoms with Crippen LogP contribution < -0.4 is 0 Å².